The lowest BCUT2D eigenvalue weighted by Crippen LogP contribution is -2.27. The highest BCUT2D eigenvalue weighted by atomic mass is 32.2. The Bertz CT molecular complexity index is 445. The monoisotopic (exact) mass is 309 g/mol. The summed E-state index contributed by atoms with van der Waals surface area (Å²) in [6.07, 6.45) is 0. The number of hydrogen-bond acceptors (Lipinski definition) is 2. The van der Waals surface area contributed by atoms with Crippen molar-refractivity contribution in [2.45, 2.75) is 53.0 Å². The highest BCUT2D eigenvalue weighted by Crippen LogP contribution is 2.24. The van der Waals surface area contributed by atoms with Crippen molar-refractivity contribution < 1.29 is 4.21 Å². The molecular formula is C18H31NOS. The van der Waals surface area contributed by atoms with Crippen molar-refractivity contribution in [3.05, 3.63) is 35.4 Å². The summed E-state index contributed by atoms with van der Waals surface area (Å²) < 4.78 is 12.2. The first kappa shape index (κ1) is 18.4. The lowest BCUT2D eigenvalue weighted by Gasteiger charge is -2.22. The summed E-state index contributed by atoms with van der Waals surface area (Å²) >= 11 is 0. The second kappa shape index (κ2) is 8.09. The zero-order chi connectivity index (χ0) is 16.0. The van der Waals surface area contributed by atoms with Crippen LogP contribution in [0, 0.1) is 5.92 Å². The Kier molecular flexibility index (Phi) is 7.08. The predicted molar refractivity (Wildman–Crippen MR) is 94.3 cm³/mol. The Morgan fingerprint density at radius 2 is 1.67 bits per heavy atom. The fraction of sp³-hybridized carbons (Fsp3) is 0.667. The lowest BCUT2D eigenvalue weighted by molar-refractivity contribution is 0.580. The Hall–Kier alpha value is -0.670. The molecule has 0 aliphatic carbocycles. The zero-order valence-electron chi connectivity index (χ0n) is 14.4. The van der Waals surface area contributed by atoms with Crippen LogP contribution in [0.4, 0.5) is 0 Å². The largest absolute Gasteiger partial charge is 0.309 e. The van der Waals surface area contributed by atoms with Gasteiger partial charge in [-0.1, -0.05) is 65.8 Å². The molecule has 2 unspecified atom stereocenters. The highest BCUT2D eigenvalue weighted by Gasteiger charge is 2.17. The summed E-state index contributed by atoms with van der Waals surface area (Å²) in [5, 5.41) is 3.47. The summed E-state index contributed by atoms with van der Waals surface area (Å²) in [7, 11) is -0.767. The van der Waals surface area contributed by atoms with E-state index in [1.165, 1.54) is 11.1 Å². The highest BCUT2D eigenvalue weighted by molar-refractivity contribution is 7.85. The van der Waals surface area contributed by atoms with E-state index in [2.05, 4.69) is 71.1 Å². The van der Waals surface area contributed by atoms with Gasteiger partial charge in [0.25, 0.3) is 0 Å². The number of nitrogens with one attached hydrogen (secondary N) is 1. The van der Waals surface area contributed by atoms with Crippen LogP contribution >= 0.6 is 0 Å². The average molecular weight is 310 g/mol. The maximum Gasteiger partial charge on any atom is 0.0436 e. The van der Waals surface area contributed by atoms with Crippen LogP contribution in [0.3, 0.4) is 0 Å². The van der Waals surface area contributed by atoms with Crippen LogP contribution in [0.15, 0.2) is 24.3 Å². The van der Waals surface area contributed by atoms with E-state index in [4.69, 9.17) is 0 Å². The molecule has 1 aromatic carbocycles. The van der Waals surface area contributed by atoms with Crippen molar-refractivity contribution >= 4 is 10.8 Å². The smallest absolute Gasteiger partial charge is 0.0436 e. The summed E-state index contributed by atoms with van der Waals surface area (Å²) in [5.41, 5.74) is 2.75. The number of hydrogen-bond donors (Lipinski definition) is 1. The molecule has 0 bridgehead atoms. The SMILES string of the molecule is CCNC(CS(=O)CC(C)C)c1ccc(C(C)(C)C)cc1. The van der Waals surface area contributed by atoms with Gasteiger partial charge in [0.1, 0.15) is 0 Å². The van der Waals surface area contributed by atoms with Gasteiger partial charge in [-0.15, -0.1) is 0 Å². The first-order valence-corrected chi connectivity index (χ1v) is 9.41. The second-order valence-corrected chi connectivity index (χ2v) is 8.70. The Balaban J connectivity index is 2.83. The molecular weight excluding hydrogens is 278 g/mol. The summed E-state index contributed by atoms with van der Waals surface area (Å²) in [4.78, 5) is 0. The van der Waals surface area contributed by atoms with Gasteiger partial charge in [-0.2, -0.15) is 0 Å². The third-order valence-electron chi connectivity index (χ3n) is 3.50. The van der Waals surface area contributed by atoms with E-state index in [-0.39, 0.29) is 11.5 Å². The number of rotatable bonds is 7. The second-order valence-electron chi connectivity index (χ2n) is 7.15. The van der Waals surface area contributed by atoms with Gasteiger partial charge >= 0.3 is 0 Å². The third-order valence-corrected chi connectivity index (χ3v) is 5.24. The molecule has 1 rings (SSSR count). The molecule has 0 fully saturated rings. The van der Waals surface area contributed by atoms with Crippen molar-refractivity contribution in [1.29, 1.82) is 0 Å². The molecule has 0 spiro atoms. The van der Waals surface area contributed by atoms with E-state index in [0.29, 0.717) is 11.7 Å². The molecule has 3 heteroatoms. The van der Waals surface area contributed by atoms with E-state index in [1.54, 1.807) is 0 Å². The minimum Gasteiger partial charge on any atom is -0.309 e. The summed E-state index contributed by atoms with van der Waals surface area (Å²) in [6.45, 7) is 13.9. The first-order valence-electron chi connectivity index (χ1n) is 7.92. The minimum atomic E-state index is -0.767. The molecule has 21 heavy (non-hydrogen) atoms. The molecule has 0 aromatic heterocycles. The maximum atomic E-state index is 12.2. The van der Waals surface area contributed by atoms with Gasteiger partial charge < -0.3 is 5.32 Å². The molecule has 2 nitrogen and oxygen atoms in total. The van der Waals surface area contributed by atoms with E-state index >= 15 is 0 Å². The molecule has 1 N–H and O–H groups in total. The fourth-order valence-electron chi connectivity index (χ4n) is 2.36. The van der Waals surface area contributed by atoms with Gasteiger partial charge in [0, 0.05) is 28.3 Å². The van der Waals surface area contributed by atoms with Crippen molar-refractivity contribution in [2.75, 3.05) is 18.1 Å². The van der Waals surface area contributed by atoms with Crippen LogP contribution in [-0.4, -0.2) is 22.3 Å². The van der Waals surface area contributed by atoms with E-state index in [0.717, 1.165) is 12.3 Å². The van der Waals surface area contributed by atoms with Gasteiger partial charge in [0.2, 0.25) is 0 Å². The fourth-order valence-corrected chi connectivity index (χ4v) is 3.92. The summed E-state index contributed by atoms with van der Waals surface area (Å²) in [6, 6.07) is 8.94. The molecule has 0 aliphatic heterocycles. The topological polar surface area (TPSA) is 29.1 Å². The standard InChI is InChI=1S/C18H31NOS/c1-7-19-17(13-21(20)12-14(2)3)15-8-10-16(11-9-15)18(4,5)6/h8-11,14,17,19H,7,12-13H2,1-6H3. The van der Waals surface area contributed by atoms with Crippen LogP contribution < -0.4 is 5.32 Å². The van der Waals surface area contributed by atoms with E-state index in [9.17, 15) is 4.21 Å². The van der Waals surface area contributed by atoms with Gasteiger partial charge in [0.05, 0.1) is 0 Å². The molecule has 0 amide bonds. The number of benzene rings is 1. The molecule has 120 valence electrons. The van der Waals surface area contributed by atoms with Crippen LogP contribution in [0.25, 0.3) is 0 Å². The third kappa shape index (κ3) is 6.31. The van der Waals surface area contributed by atoms with Crippen molar-refractivity contribution in [3.63, 3.8) is 0 Å². The molecule has 0 radical (unpaired) electrons. The van der Waals surface area contributed by atoms with Crippen molar-refractivity contribution in [2.24, 2.45) is 5.92 Å². The van der Waals surface area contributed by atoms with Crippen LogP contribution in [-0.2, 0) is 16.2 Å². The van der Waals surface area contributed by atoms with Gasteiger partial charge in [-0.3, -0.25) is 4.21 Å². The van der Waals surface area contributed by atoms with E-state index < -0.39 is 10.8 Å². The van der Waals surface area contributed by atoms with Crippen LogP contribution in [0.2, 0.25) is 0 Å². The molecule has 0 aliphatic rings. The molecule has 1 aromatic rings. The van der Waals surface area contributed by atoms with Crippen molar-refractivity contribution in [1.82, 2.24) is 5.32 Å². The maximum absolute atomic E-state index is 12.2. The molecule has 0 heterocycles. The average Bonchev–Trinajstić information content (AvgIpc) is 2.36. The Labute approximate surface area is 133 Å². The van der Waals surface area contributed by atoms with Crippen LogP contribution in [0.5, 0.6) is 0 Å². The van der Waals surface area contributed by atoms with Crippen LogP contribution in [0.1, 0.15) is 58.7 Å². The first-order chi connectivity index (χ1) is 9.74. The van der Waals surface area contributed by atoms with Gasteiger partial charge in [0.15, 0.2) is 0 Å². The minimum absolute atomic E-state index is 0.173. The molecule has 2 atom stereocenters. The predicted octanol–water partition coefficient (Wildman–Crippen LogP) is 4.04. The quantitative estimate of drug-likeness (QED) is 0.823. The lowest BCUT2D eigenvalue weighted by atomic mass is 9.86. The molecule has 0 saturated heterocycles. The van der Waals surface area contributed by atoms with Gasteiger partial charge in [-0.25, -0.2) is 0 Å². The van der Waals surface area contributed by atoms with E-state index in [1.807, 2.05) is 0 Å². The zero-order valence-corrected chi connectivity index (χ0v) is 15.2. The molecule has 0 saturated carbocycles. The summed E-state index contributed by atoms with van der Waals surface area (Å²) in [5.74, 6) is 1.96. The Morgan fingerprint density at radius 3 is 2.10 bits per heavy atom. The van der Waals surface area contributed by atoms with Crippen molar-refractivity contribution in [3.8, 4) is 0 Å². The van der Waals surface area contributed by atoms with Gasteiger partial charge in [-0.05, 0) is 29.0 Å². The Morgan fingerprint density at radius 1 is 1.10 bits per heavy atom. The normalized spacial score (nSPS) is 15.2.